The highest BCUT2D eigenvalue weighted by Gasteiger charge is 2.07. The van der Waals surface area contributed by atoms with Crippen LogP contribution in [0.4, 0.5) is 0 Å². The monoisotopic (exact) mass is 217 g/mol. The Hall–Kier alpha value is -0.610. The lowest BCUT2D eigenvalue weighted by molar-refractivity contribution is -0.122. The Morgan fingerprint density at radius 3 is 2.73 bits per heavy atom. The van der Waals surface area contributed by atoms with E-state index in [1.165, 1.54) is 0 Å². The van der Waals surface area contributed by atoms with Gasteiger partial charge in [-0.15, -0.1) is 0 Å². The zero-order chi connectivity index (χ0) is 11.5. The molecule has 0 saturated heterocycles. The second kappa shape index (κ2) is 9.93. The van der Waals surface area contributed by atoms with Crippen molar-refractivity contribution in [2.45, 2.75) is 32.6 Å². The fourth-order valence-electron chi connectivity index (χ4n) is 1.37. The van der Waals surface area contributed by atoms with E-state index in [0.29, 0.717) is 19.6 Å². The second-order valence-electron chi connectivity index (χ2n) is 3.90. The van der Waals surface area contributed by atoms with Gasteiger partial charge in [-0.25, -0.2) is 0 Å². The van der Waals surface area contributed by atoms with Crippen LogP contribution in [0.25, 0.3) is 0 Å². The molecule has 0 fully saturated rings. The number of rotatable bonds is 9. The zero-order valence-electron chi connectivity index (χ0n) is 9.79. The van der Waals surface area contributed by atoms with Gasteiger partial charge >= 0.3 is 0 Å². The Balaban J connectivity index is 3.32. The molecule has 1 atom stereocenters. The number of hydrogen-bond acceptors (Lipinski definition) is 3. The molecule has 0 aliphatic rings. The molecule has 0 aliphatic carbocycles. The van der Waals surface area contributed by atoms with Crippen LogP contribution in [0.2, 0.25) is 0 Å². The summed E-state index contributed by atoms with van der Waals surface area (Å²) < 4.78 is 4.95. The number of hydrogen-bond donors (Lipinski definition) is 2. The molecule has 15 heavy (non-hydrogen) atoms. The number of nitrogens with one attached hydrogen (secondary N) is 1. The largest absolute Gasteiger partial charge is 0.396 e. The predicted molar refractivity (Wildman–Crippen MR) is 59.6 cm³/mol. The lowest BCUT2D eigenvalue weighted by Crippen LogP contribution is -2.26. The first kappa shape index (κ1) is 14.4. The van der Waals surface area contributed by atoms with Gasteiger partial charge in [0.2, 0.25) is 5.91 Å². The molecule has 90 valence electrons. The Bertz CT molecular complexity index is 162. The van der Waals surface area contributed by atoms with E-state index in [1.54, 1.807) is 7.11 Å². The van der Waals surface area contributed by atoms with Gasteiger partial charge in [-0.1, -0.05) is 6.92 Å². The van der Waals surface area contributed by atoms with E-state index in [1.807, 2.05) is 6.92 Å². The van der Waals surface area contributed by atoms with Gasteiger partial charge in [0, 0.05) is 33.3 Å². The molecule has 2 N–H and O–H groups in total. The average Bonchev–Trinajstić information content (AvgIpc) is 2.17. The van der Waals surface area contributed by atoms with Gasteiger partial charge < -0.3 is 15.2 Å². The molecule has 0 aromatic rings. The molecular formula is C11H23NO3. The lowest BCUT2D eigenvalue weighted by atomic mass is 10.1. The van der Waals surface area contributed by atoms with Gasteiger partial charge in [-0.2, -0.15) is 0 Å². The lowest BCUT2D eigenvalue weighted by Gasteiger charge is -2.10. The zero-order valence-corrected chi connectivity index (χ0v) is 9.79. The normalized spacial score (nSPS) is 12.5. The van der Waals surface area contributed by atoms with Gasteiger partial charge in [0.25, 0.3) is 0 Å². The minimum atomic E-state index is 0.0866. The number of carbonyl (C=O) groups is 1. The molecule has 0 aromatic carbocycles. The van der Waals surface area contributed by atoms with Crippen molar-refractivity contribution in [3.63, 3.8) is 0 Å². The molecular weight excluding hydrogens is 194 g/mol. The summed E-state index contributed by atoms with van der Waals surface area (Å²) in [5.74, 6) is 0.357. The number of methoxy groups -OCH3 is 1. The van der Waals surface area contributed by atoms with Gasteiger partial charge in [-0.3, -0.25) is 4.79 Å². The molecule has 0 aliphatic heterocycles. The molecule has 1 unspecified atom stereocenters. The summed E-state index contributed by atoms with van der Waals surface area (Å²) in [6.45, 7) is 3.56. The summed E-state index contributed by atoms with van der Waals surface area (Å²) in [5.41, 5.74) is 0. The molecule has 0 radical (unpaired) electrons. The maximum Gasteiger partial charge on any atom is 0.220 e. The first-order valence-corrected chi connectivity index (χ1v) is 5.57. The van der Waals surface area contributed by atoms with E-state index < -0.39 is 0 Å². The van der Waals surface area contributed by atoms with Crippen LogP contribution in [-0.4, -0.2) is 37.9 Å². The van der Waals surface area contributed by atoms with Crippen molar-refractivity contribution in [1.29, 1.82) is 0 Å². The molecule has 0 aromatic heterocycles. The summed E-state index contributed by atoms with van der Waals surface area (Å²) >= 11 is 0. The third-order valence-electron chi connectivity index (χ3n) is 2.14. The van der Waals surface area contributed by atoms with Crippen molar-refractivity contribution in [3.8, 4) is 0 Å². The van der Waals surface area contributed by atoms with E-state index in [-0.39, 0.29) is 18.4 Å². The molecule has 0 bridgehead atoms. The average molecular weight is 217 g/mol. The highest BCUT2D eigenvalue weighted by molar-refractivity contribution is 5.76. The van der Waals surface area contributed by atoms with Gasteiger partial charge in [0.05, 0.1) is 0 Å². The van der Waals surface area contributed by atoms with Crippen LogP contribution in [0.5, 0.6) is 0 Å². The number of amides is 1. The standard InChI is InChI=1S/C11H23NO3/c1-10(9-15-2)8-11(14)12-6-4-3-5-7-13/h10,13H,3-9H2,1-2H3,(H,12,14). The Morgan fingerprint density at radius 2 is 2.13 bits per heavy atom. The first-order valence-electron chi connectivity index (χ1n) is 5.57. The minimum Gasteiger partial charge on any atom is -0.396 e. The van der Waals surface area contributed by atoms with Crippen LogP contribution in [0.3, 0.4) is 0 Å². The van der Waals surface area contributed by atoms with Crippen molar-refractivity contribution < 1.29 is 14.6 Å². The topological polar surface area (TPSA) is 58.6 Å². The first-order chi connectivity index (χ1) is 7.20. The van der Waals surface area contributed by atoms with Crippen molar-refractivity contribution >= 4 is 5.91 Å². The summed E-state index contributed by atoms with van der Waals surface area (Å²) in [4.78, 5) is 11.3. The molecule has 0 saturated carbocycles. The quantitative estimate of drug-likeness (QED) is 0.565. The maximum atomic E-state index is 11.3. The van der Waals surface area contributed by atoms with Crippen LogP contribution in [0, 0.1) is 5.92 Å². The number of ether oxygens (including phenoxy) is 1. The third kappa shape index (κ3) is 9.69. The summed E-state index contributed by atoms with van der Waals surface area (Å²) in [6.07, 6.45) is 3.24. The number of aliphatic hydroxyl groups excluding tert-OH is 1. The van der Waals surface area contributed by atoms with Gasteiger partial charge in [0.1, 0.15) is 0 Å². The molecule has 4 heteroatoms. The summed E-state index contributed by atoms with van der Waals surface area (Å²) in [5, 5.41) is 11.4. The van der Waals surface area contributed by atoms with E-state index in [2.05, 4.69) is 5.32 Å². The summed E-state index contributed by atoms with van der Waals surface area (Å²) in [6, 6.07) is 0. The fraction of sp³-hybridized carbons (Fsp3) is 0.909. The van der Waals surface area contributed by atoms with Crippen molar-refractivity contribution in [2.75, 3.05) is 26.9 Å². The van der Waals surface area contributed by atoms with Crippen LogP contribution >= 0.6 is 0 Å². The molecule has 4 nitrogen and oxygen atoms in total. The molecule has 0 rings (SSSR count). The number of unbranched alkanes of at least 4 members (excludes halogenated alkanes) is 2. The number of carbonyl (C=O) groups excluding carboxylic acids is 1. The van der Waals surface area contributed by atoms with Crippen molar-refractivity contribution in [2.24, 2.45) is 5.92 Å². The van der Waals surface area contributed by atoms with Gasteiger partial charge in [-0.05, 0) is 25.2 Å². The van der Waals surface area contributed by atoms with Crippen LogP contribution in [0.15, 0.2) is 0 Å². The molecule has 0 spiro atoms. The Morgan fingerprint density at radius 1 is 1.40 bits per heavy atom. The SMILES string of the molecule is COCC(C)CC(=O)NCCCCCO. The third-order valence-corrected chi connectivity index (χ3v) is 2.14. The fourth-order valence-corrected chi connectivity index (χ4v) is 1.37. The van der Waals surface area contributed by atoms with E-state index >= 15 is 0 Å². The minimum absolute atomic E-state index is 0.0866. The van der Waals surface area contributed by atoms with Gasteiger partial charge in [0.15, 0.2) is 0 Å². The van der Waals surface area contributed by atoms with Crippen LogP contribution < -0.4 is 5.32 Å². The molecule has 1 amide bonds. The van der Waals surface area contributed by atoms with Crippen LogP contribution in [-0.2, 0) is 9.53 Å². The van der Waals surface area contributed by atoms with E-state index in [4.69, 9.17) is 9.84 Å². The smallest absolute Gasteiger partial charge is 0.220 e. The van der Waals surface area contributed by atoms with Crippen LogP contribution in [0.1, 0.15) is 32.6 Å². The maximum absolute atomic E-state index is 11.3. The van der Waals surface area contributed by atoms with Crippen molar-refractivity contribution in [3.05, 3.63) is 0 Å². The number of aliphatic hydroxyl groups is 1. The highest BCUT2D eigenvalue weighted by atomic mass is 16.5. The Labute approximate surface area is 92.0 Å². The van der Waals surface area contributed by atoms with E-state index in [0.717, 1.165) is 19.3 Å². The summed E-state index contributed by atoms with van der Waals surface area (Å²) in [7, 11) is 1.64. The highest BCUT2D eigenvalue weighted by Crippen LogP contribution is 2.01. The molecule has 0 heterocycles. The predicted octanol–water partition coefficient (Wildman–Crippen LogP) is 0.938. The Kier molecular flexibility index (Phi) is 9.52. The van der Waals surface area contributed by atoms with E-state index in [9.17, 15) is 4.79 Å². The second-order valence-corrected chi connectivity index (χ2v) is 3.90. The van der Waals surface area contributed by atoms with Crippen molar-refractivity contribution in [1.82, 2.24) is 5.32 Å².